The molecule has 2 aliphatic rings. The van der Waals surface area contributed by atoms with Crippen molar-refractivity contribution in [1.29, 1.82) is 0 Å². The summed E-state index contributed by atoms with van der Waals surface area (Å²) in [5, 5.41) is 8.59. The molecule has 1 N–H and O–H groups in total. The van der Waals surface area contributed by atoms with Crippen LogP contribution >= 0.6 is 0 Å². The van der Waals surface area contributed by atoms with Crippen molar-refractivity contribution in [3.8, 4) is 0 Å². The van der Waals surface area contributed by atoms with Crippen LogP contribution in [0.5, 0.6) is 0 Å². The van der Waals surface area contributed by atoms with Crippen LogP contribution in [0.2, 0.25) is 0 Å². The van der Waals surface area contributed by atoms with Gasteiger partial charge in [-0.3, -0.25) is 4.79 Å². The topological polar surface area (TPSA) is 77.9 Å². The van der Waals surface area contributed by atoms with Crippen molar-refractivity contribution in [2.24, 2.45) is 0 Å². The van der Waals surface area contributed by atoms with E-state index in [1.54, 1.807) is 4.31 Å². The third-order valence-corrected chi connectivity index (χ3v) is 6.47. The lowest BCUT2D eigenvalue weighted by Crippen LogP contribution is -2.48. The van der Waals surface area contributed by atoms with Crippen LogP contribution in [0.15, 0.2) is 0 Å². The van der Waals surface area contributed by atoms with Crippen LogP contribution in [0.1, 0.15) is 44.9 Å². The third-order valence-electron chi connectivity index (χ3n) is 4.52. The first-order chi connectivity index (χ1) is 9.99. The van der Waals surface area contributed by atoms with Crippen LogP contribution < -0.4 is 0 Å². The Morgan fingerprint density at radius 2 is 1.67 bits per heavy atom. The van der Waals surface area contributed by atoms with Crippen molar-refractivity contribution in [2.45, 2.75) is 51.0 Å². The molecular formula is C14H26N2O4S. The number of piperidine rings is 2. The summed E-state index contributed by atoms with van der Waals surface area (Å²) in [6.07, 6.45) is 5.75. The Balaban J connectivity index is 1.78. The van der Waals surface area contributed by atoms with E-state index in [-0.39, 0.29) is 18.6 Å². The van der Waals surface area contributed by atoms with Crippen molar-refractivity contribution < 1.29 is 18.3 Å². The van der Waals surface area contributed by atoms with E-state index < -0.39 is 16.0 Å². The van der Waals surface area contributed by atoms with Gasteiger partial charge in [-0.05, 0) is 45.2 Å². The van der Waals surface area contributed by atoms with E-state index in [4.69, 9.17) is 5.11 Å². The molecular weight excluding hydrogens is 292 g/mol. The number of likely N-dealkylation sites (tertiary alicyclic amines) is 1. The van der Waals surface area contributed by atoms with Gasteiger partial charge in [-0.15, -0.1) is 0 Å². The van der Waals surface area contributed by atoms with Crippen molar-refractivity contribution in [1.82, 2.24) is 9.21 Å². The maximum Gasteiger partial charge on any atom is 0.303 e. The highest BCUT2D eigenvalue weighted by Crippen LogP contribution is 2.22. The number of rotatable bonds is 6. The molecule has 0 saturated carbocycles. The molecule has 0 aliphatic carbocycles. The molecule has 2 aliphatic heterocycles. The molecule has 2 saturated heterocycles. The van der Waals surface area contributed by atoms with Gasteiger partial charge in [-0.1, -0.05) is 6.42 Å². The van der Waals surface area contributed by atoms with Gasteiger partial charge in [0.1, 0.15) is 0 Å². The van der Waals surface area contributed by atoms with Crippen molar-refractivity contribution >= 4 is 16.0 Å². The van der Waals surface area contributed by atoms with E-state index in [1.165, 1.54) is 19.3 Å². The Labute approximate surface area is 127 Å². The standard InChI is InChI=1S/C14H26N2O4S/c17-14(18)5-4-12-21(19,20)16-10-6-13(7-11-16)15-8-2-1-3-9-15/h13H,1-12H2,(H,17,18). The summed E-state index contributed by atoms with van der Waals surface area (Å²) >= 11 is 0. The third kappa shape index (κ3) is 4.93. The molecule has 6 nitrogen and oxygen atoms in total. The maximum atomic E-state index is 12.2. The Kier molecular flexibility index (Phi) is 6.01. The predicted molar refractivity (Wildman–Crippen MR) is 80.7 cm³/mol. The summed E-state index contributed by atoms with van der Waals surface area (Å²) in [5.41, 5.74) is 0. The molecule has 0 bridgehead atoms. The highest BCUT2D eigenvalue weighted by molar-refractivity contribution is 7.89. The Hall–Kier alpha value is -0.660. The van der Waals surface area contributed by atoms with Crippen LogP contribution in [0.4, 0.5) is 0 Å². The van der Waals surface area contributed by atoms with Crippen LogP contribution in [0.3, 0.4) is 0 Å². The van der Waals surface area contributed by atoms with E-state index in [0.717, 1.165) is 25.9 Å². The van der Waals surface area contributed by atoms with Gasteiger partial charge >= 0.3 is 5.97 Å². The fourth-order valence-electron chi connectivity index (χ4n) is 3.30. The van der Waals surface area contributed by atoms with Crippen LogP contribution in [0, 0.1) is 0 Å². The molecule has 0 amide bonds. The number of carboxylic acids is 1. The van der Waals surface area contributed by atoms with Crippen molar-refractivity contribution in [2.75, 3.05) is 31.9 Å². The number of hydrogen-bond acceptors (Lipinski definition) is 4. The summed E-state index contributed by atoms with van der Waals surface area (Å²) in [5.74, 6) is -0.984. The second kappa shape index (κ2) is 7.56. The van der Waals surface area contributed by atoms with Crippen molar-refractivity contribution in [3.05, 3.63) is 0 Å². The van der Waals surface area contributed by atoms with Gasteiger partial charge < -0.3 is 10.0 Å². The second-order valence-electron chi connectivity index (χ2n) is 6.04. The van der Waals surface area contributed by atoms with Gasteiger partial charge in [0.25, 0.3) is 0 Å². The first-order valence-electron chi connectivity index (χ1n) is 7.93. The van der Waals surface area contributed by atoms with E-state index in [1.807, 2.05) is 0 Å². The molecule has 0 atom stereocenters. The SMILES string of the molecule is O=C(O)CCCS(=O)(=O)N1CCC(N2CCCCC2)CC1. The number of carboxylic acid groups (broad SMARTS) is 1. The van der Waals surface area contributed by atoms with Gasteiger partial charge in [0.15, 0.2) is 0 Å². The molecule has 122 valence electrons. The summed E-state index contributed by atoms with van der Waals surface area (Å²) in [7, 11) is -3.28. The molecule has 2 rings (SSSR count). The lowest BCUT2D eigenvalue weighted by molar-refractivity contribution is -0.137. The number of hydrogen-bond donors (Lipinski definition) is 1. The lowest BCUT2D eigenvalue weighted by atomic mass is 10.0. The Morgan fingerprint density at radius 1 is 1.05 bits per heavy atom. The first kappa shape index (κ1) is 16.7. The molecule has 0 aromatic rings. The molecule has 0 spiro atoms. The van der Waals surface area contributed by atoms with Crippen LogP contribution in [-0.4, -0.2) is 66.7 Å². The zero-order chi connectivity index (χ0) is 15.3. The fourth-order valence-corrected chi connectivity index (χ4v) is 4.84. The molecule has 0 unspecified atom stereocenters. The molecule has 0 radical (unpaired) electrons. The summed E-state index contributed by atoms with van der Waals surface area (Å²) in [4.78, 5) is 13.0. The largest absolute Gasteiger partial charge is 0.481 e. The van der Waals surface area contributed by atoms with Gasteiger partial charge in [-0.25, -0.2) is 12.7 Å². The Bertz CT molecular complexity index is 438. The number of nitrogens with zero attached hydrogens (tertiary/aromatic N) is 2. The number of carbonyl (C=O) groups is 1. The molecule has 7 heteroatoms. The summed E-state index contributed by atoms with van der Waals surface area (Å²) < 4.78 is 25.9. The monoisotopic (exact) mass is 318 g/mol. The normalized spacial score (nSPS) is 23.2. The lowest BCUT2D eigenvalue weighted by Gasteiger charge is -2.39. The van der Waals surface area contributed by atoms with Crippen LogP contribution in [-0.2, 0) is 14.8 Å². The predicted octanol–water partition coefficient (Wildman–Crippen LogP) is 1.13. The molecule has 21 heavy (non-hydrogen) atoms. The fraction of sp³-hybridized carbons (Fsp3) is 0.929. The van der Waals surface area contributed by atoms with E-state index in [2.05, 4.69) is 4.90 Å². The number of aliphatic carboxylic acids is 1. The molecule has 0 aromatic heterocycles. The zero-order valence-electron chi connectivity index (χ0n) is 12.5. The van der Waals surface area contributed by atoms with E-state index in [9.17, 15) is 13.2 Å². The minimum atomic E-state index is -3.28. The number of sulfonamides is 1. The van der Waals surface area contributed by atoms with Crippen LogP contribution in [0.25, 0.3) is 0 Å². The minimum Gasteiger partial charge on any atom is -0.481 e. The summed E-state index contributed by atoms with van der Waals surface area (Å²) in [6, 6.07) is 0.524. The van der Waals surface area contributed by atoms with E-state index in [0.29, 0.717) is 19.1 Å². The van der Waals surface area contributed by atoms with Gasteiger partial charge in [0.2, 0.25) is 10.0 Å². The van der Waals surface area contributed by atoms with E-state index >= 15 is 0 Å². The highest BCUT2D eigenvalue weighted by atomic mass is 32.2. The highest BCUT2D eigenvalue weighted by Gasteiger charge is 2.30. The first-order valence-corrected chi connectivity index (χ1v) is 9.53. The summed E-state index contributed by atoms with van der Waals surface area (Å²) in [6.45, 7) is 3.46. The molecule has 2 heterocycles. The molecule has 2 fully saturated rings. The van der Waals surface area contributed by atoms with Crippen molar-refractivity contribution in [3.63, 3.8) is 0 Å². The minimum absolute atomic E-state index is 0.0479. The van der Waals surface area contributed by atoms with Gasteiger partial charge in [0.05, 0.1) is 5.75 Å². The molecule has 0 aromatic carbocycles. The maximum absolute atomic E-state index is 12.2. The zero-order valence-corrected chi connectivity index (χ0v) is 13.4. The average molecular weight is 318 g/mol. The van der Waals surface area contributed by atoms with Gasteiger partial charge in [-0.2, -0.15) is 0 Å². The smallest absolute Gasteiger partial charge is 0.303 e. The van der Waals surface area contributed by atoms with Gasteiger partial charge in [0, 0.05) is 25.6 Å². The quantitative estimate of drug-likeness (QED) is 0.794. The second-order valence-corrected chi connectivity index (χ2v) is 8.13. The average Bonchev–Trinajstić information content (AvgIpc) is 2.48. The Morgan fingerprint density at radius 3 is 2.24 bits per heavy atom.